The fourth-order valence-corrected chi connectivity index (χ4v) is 8.39. The third-order valence-corrected chi connectivity index (χ3v) is 10.7. The van der Waals surface area contributed by atoms with E-state index >= 15 is 0 Å². The van der Waals surface area contributed by atoms with E-state index < -0.39 is 0 Å². The number of para-hydroxylation sites is 2. The van der Waals surface area contributed by atoms with Crippen molar-refractivity contribution in [3.8, 4) is 22.3 Å². The third kappa shape index (κ3) is 3.82. The van der Waals surface area contributed by atoms with E-state index in [9.17, 15) is 0 Å². The van der Waals surface area contributed by atoms with Gasteiger partial charge in [-0.05, 0) is 121 Å². The predicted octanol–water partition coefficient (Wildman–Crippen LogP) is 12.8. The Morgan fingerprint density at radius 1 is 0.435 bits per heavy atom. The van der Waals surface area contributed by atoms with Crippen LogP contribution in [0.2, 0.25) is 0 Å². The van der Waals surface area contributed by atoms with Crippen LogP contribution in [-0.4, -0.2) is 0 Å². The van der Waals surface area contributed by atoms with Crippen LogP contribution < -0.4 is 4.90 Å². The Hall–Kier alpha value is -5.40. The van der Waals surface area contributed by atoms with Crippen molar-refractivity contribution >= 4 is 49.4 Å². The van der Waals surface area contributed by atoms with E-state index in [0.29, 0.717) is 0 Å². The number of hydrogen-bond donors (Lipinski definition) is 0. The normalized spacial score (nSPS) is 13.3. The van der Waals surface area contributed by atoms with Gasteiger partial charge in [0.2, 0.25) is 0 Å². The molecular weight excluding hydrogens is 555 g/mol. The first kappa shape index (κ1) is 27.0. The Labute approximate surface area is 270 Å². The molecule has 0 N–H and O–H groups in total. The second-order valence-electron chi connectivity index (χ2n) is 12.8. The molecule has 0 amide bonds. The van der Waals surface area contributed by atoms with E-state index in [4.69, 9.17) is 0 Å². The van der Waals surface area contributed by atoms with Crippen molar-refractivity contribution < 1.29 is 0 Å². The van der Waals surface area contributed by atoms with Crippen molar-refractivity contribution in [3.63, 3.8) is 0 Å². The fourth-order valence-electron chi connectivity index (χ4n) is 8.39. The van der Waals surface area contributed by atoms with Gasteiger partial charge in [-0.3, -0.25) is 0 Å². The summed E-state index contributed by atoms with van der Waals surface area (Å²) in [6.07, 6.45) is 2.09. The van der Waals surface area contributed by atoms with Crippen molar-refractivity contribution in [2.75, 3.05) is 4.90 Å². The first-order chi connectivity index (χ1) is 22.7. The van der Waals surface area contributed by atoms with Crippen LogP contribution in [0.3, 0.4) is 0 Å². The summed E-state index contributed by atoms with van der Waals surface area (Å²) < 4.78 is 0. The van der Waals surface area contributed by atoms with Crippen molar-refractivity contribution in [2.45, 2.75) is 32.1 Å². The second kappa shape index (κ2) is 10.3. The van der Waals surface area contributed by atoms with Gasteiger partial charge in [0.15, 0.2) is 0 Å². The van der Waals surface area contributed by atoms with Gasteiger partial charge < -0.3 is 4.90 Å². The van der Waals surface area contributed by atoms with E-state index in [-0.39, 0.29) is 5.41 Å². The molecule has 220 valence electrons. The summed E-state index contributed by atoms with van der Waals surface area (Å²) in [4.78, 5) is 2.38. The number of rotatable bonds is 6. The zero-order valence-electron chi connectivity index (χ0n) is 26.3. The molecule has 0 aliphatic heterocycles. The van der Waals surface area contributed by atoms with Gasteiger partial charge in [-0.25, -0.2) is 0 Å². The highest BCUT2D eigenvalue weighted by Gasteiger charge is 2.41. The molecule has 0 unspecified atom stereocenters. The maximum Gasteiger partial charge on any atom is 0.0465 e. The molecule has 0 radical (unpaired) electrons. The van der Waals surface area contributed by atoms with Crippen LogP contribution in [0.5, 0.6) is 0 Å². The van der Waals surface area contributed by atoms with Crippen LogP contribution in [0, 0.1) is 0 Å². The summed E-state index contributed by atoms with van der Waals surface area (Å²) in [6.45, 7) is 4.73. The highest BCUT2D eigenvalue weighted by molar-refractivity contribution is 6.25. The summed E-state index contributed by atoms with van der Waals surface area (Å²) in [6, 6.07) is 56.3. The maximum atomic E-state index is 2.51. The molecule has 0 aromatic heterocycles. The van der Waals surface area contributed by atoms with Gasteiger partial charge in [0, 0.05) is 22.5 Å². The van der Waals surface area contributed by atoms with Crippen molar-refractivity contribution in [1.82, 2.24) is 0 Å². The fraction of sp³-hybridized carbons (Fsp3) is 0.111. The highest BCUT2D eigenvalue weighted by Crippen LogP contribution is 2.55. The summed E-state index contributed by atoms with van der Waals surface area (Å²) >= 11 is 0. The average Bonchev–Trinajstić information content (AvgIpc) is 3.40. The molecule has 0 bridgehead atoms. The molecule has 1 aliphatic rings. The van der Waals surface area contributed by atoms with Crippen LogP contribution >= 0.6 is 0 Å². The molecular formula is C45H35N. The lowest BCUT2D eigenvalue weighted by Crippen LogP contribution is -2.23. The lowest BCUT2D eigenvalue weighted by Gasteiger charge is -2.32. The van der Waals surface area contributed by atoms with E-state index in [1.54, 1.807) is 0 Å². The van der Waals surface area contributed by atoms with Gasteiger partial charge >= 0.3 is 0 Å². The molecule has 8 aromatic rings. The van der Waals surface area contributed by atoms with Gasteiger partial charge in [0.1, 0.15) is 0 Å². The Bertz CT molecular complexity index is 2330. The van der Waals surface area contributed by atoms with Gasteiger partial charge in [0.05, 0.1) is 0 Å². The van der Waals surface area contributed by atoms with Crippen molar-refractivity contribution in [2.24, 2.45) is 0 Å². The maximum absolute atomic E-state index is 2.51. The molecule has 8 aromatic carbocycles. The second-order valence-corrected chi connectivity index (χ2v) is 12.8. The Balaban J connectivity index is 1.22. The SMILES string of the molecule is CCC1(CC)c2cc(-c3ccc4ccc5cccc6ccc3c4c56)ccc2-c2ccc(N(c3ccccc3)c3ccccc3)cc21. The number of benzene rings is 8. The van der Waals surface area contributed by atoms with E-state index in [0.717, 1.165) is 12.8 Å². The Morgan fingerprint density at radius 3 is 1.63 bits per heavy atom. The van der Waals surface area contributed by atoms with Gasteiger partial charge in [-0.15, -0.1) is 0 Å². The first-order valence-corrected chi connectivity index (χ1v) is 16.6. The van der Waals surface area contributed by atoms with Crippen LogP contribution in [0.25, 0.3) is 54.6 Å². The monoisotopic (exact) mass is 589 g/mol. The standard InChI is InChI=1S/C45H35N/c1-3-45(4-2)41-28-33(37-24-20-32-19-18-30-12-11-13-31-21-26-40(37)44(32)43(30)31)22-25-38(41)39-27-23-36(29-42(39)45)46(34-14-7-5-8-15-34)35-16-9-6-10-17-35/h5-29H,3-4H2,1-2H3. The minimum atomic E-state index is -0.0560. The zero-order chi connectivity index (χ0) is 30.8. The average molecular weight is 590 g/mol. The summed E-state index contributed by atoms with van der Waals surface area (Å²) in [5.41, 5.74) is 11.7. The van der Waals surface area contributed by atoms with Gasteiger partial charge in [-0.1, -0.05) is 123 Å². The van der Waals surface area contributed by atoms with Crippen molar-refractivity contribution in [1.29, 1.82) is 0 Å². The molecule has 1 aliphatic carbocycles. The van der Waals surface area contributed by atoms with Crippen LogP contribution in [0.4, 0.5) is 17.1 Å². The number of nitrogens with zero attached hydrogens (tertiary/aromatic N) is 1. The highest BCUT2D eigenvalue weighted by atomic mass is 15.1. The summed E-state index contributed by atoms with van der Waals surface area (Å²) in [5, 5.41) is 8.01. The van der Waals surface area contributed by atoms with Gasteiger partial charge in [-0.2, -0.15) is 0 Å². The minimum Gasteiger partial charge on any atom is -0.310 e. The van der Waals surface area contributed by atoms with Crippen LogP contribution in [0.15, 0.2) is 152 Å². The van der Waals surface area contributed by atoms with Crippen LogP contribution in [-0.2, 0) is 5.41 Å². The molecule has 0 heterocycles. The topological polar surface area (TPSA) is 3.24 Å². The molecule has 46 heavy (non-hydrogen) atoms. The molecule has 0 saturated carbocycles. The minimum absolute atomic E-state index is 0.0560. The largest absolute Gasteiger partial charge is 0.310 e. The molecule has 0 saturated heterocycles. The number of fused-ring (bicyclic) bond motifs is 3. The van der Waals surface area contributed by atoms with Crippen LogP contribution in [0.1, 0.15) is 37.8 Å². The lowest BCUT2D eigenvalue weighted by molar-refractivity contribution is 0.490. The smallest absolute Gasteiger partial charge is 0.0465 e. The van der Waals surface area contributed by atoms with E-state index in [1.165, 1.54) is 82.8 Å². The molecule has 1 heteroatoms. The molecule has 1 nitrogen and oxygen atoms in total. The molecule has 0 spiro atoms. The summed E-state index contributed by atoms with van der Waals surface area (Å²) in [7, 11) is 0. The first-order valence-electron chi connectivity index (χ1n) is 16.6. The van der Waals surface area contributed by atoms with E-state index in [2.05, 4.69) is 170 Å². The van der Waals surface area contributed by atoms with Gasteiger partial charge in [0.25, 0.3) is 0 Å². The Morgan fingerprint density at radius 2 is 0.978 bits per heavy atom. The molecule has 0 atom stereocenters. The molecule has 9 rings (SSSR count). The van der Waals surface area contributed by atoms with E-state index in [1.807, 2.05) is 0 Å². The zero-order valence-corrected chi connectivity index (χ0v) is 26.3. The summed E-state index contributed by atoms with van der Waals surface area (Å²) in [5.74, 6) is 0. The predicted molar refractivity (Wildman–Crippen MR) is 197 cm³/mol. The number of hydrogen-bond acceptors (Lipinski definition) is 1. The molecule has 0 fully saturated rings. The number of anilines is 3. The third-order valence-electron chi connectivity index (χ3n) is 10.7. The lowest BCUT2D eigenvalue weighted by atomic mass is 9.73. The Kier molecular flexibility index (Phi) is 6.05. The van der Waals surface area contributed by atoms with Crippen molar-refractivity contribution in [3.05, 3.63) is 163 Å². The quantitative estimate of drug-likeness (QED) is 0.174.